The molecular weight excluding hydrogens is 176 g/mol. The minimum atomic E-state index is 0.832. The van der Waals surface area contributed by atoms with Crippen LogP contribution in [-0.4, -0.2) is 5.11 Å². The lowest BCUT2D eigenvalue weighted by Gasteiger charge is -2.13. The summed E-state index contributed by atoms with van der Waals surface area (Å²) in [7, 11) is 0. The Balaban J connectivity index is 3.22. The number of aliphatic hydroxyl groups is 1. The average Bonchev–Trinajstić information content (AvgIpc) is 2.14. The quantitative estimate of drug-likeness (QED) is 0.728. The van der Waals surface area contributed by atoms with Crippen molar-refractivity contribution in [2.24, 2.45) is 0 Å². The minimum Gasteiger partial charge on any atom is -0.512 e. The van der Waals surface area contributed by atoms with Crippen LogP contribution in [0.1, 0.15) is 22.3 Å². The molecule has 2 heteroatoms. The van der Waals surface area contributed by atoms with Gasteiger partial charge in [-0.05, 0) is 49.9 Å². The maximum absolute atomic E-state index is 8.53. The number of ether oxygens (including phenoxy) is 1. The van der Waals surface area contributed by atoms with Crippen LogP contribution < -0.4 is 4.74 Å². The Morgan fingerprint density at radius 1 is 1.07 bits per heavy atom. The maximum atomic E-state index is 8.53. The van der Waals surface area contributed by atoms with Crippen molar-refractivity contribution in [3.8, 4) is 5.75 Å². The number of aliphatic hydroxyl groups excluding tert-OH is 1. The van der Waals surface area contributed by atoms with E-state index in [1.807, 2.05) is 13.8 Å². The van der Waals surface area contributed by atoms with Crippen molar-refractivity contribution in [1.29, 1.82) is 0 Å². The summed E-state index contributed by atoms with van der Waals surface area (Å²) in [5.74, 6) is 0.832. The Morgan fingerprint density at radius 3 is 2.29 bits per heavy atom. The molecule has 0 saturated heterocycles. The van der Waals surface area contributed by atoms with Gasteiger partial charge in [0.2, 0.25) is 0 Å². The first-order valence-electron chi connectivity index (χ1n) is 4.61. The second kappa shape index (κ2) is 4.18. The van der Waals surface area contributed by atoms with Crippen molar-refractivity contribution in [2.75, 3.05) is 0 Å². The molecule has 0 heterocycles. The molecule has 0 aliphatic heterocycles. The second-order valence-corrected chi connectivity index (χ2v) is 3.49. The van der Waals surface area contributed by atoms with E-state index in [1.54, 1.807) is 0 Å². The lowest BCUT2D eigenvalue weighted by molar-refractivity contribution is 0.411. The molecule has 14 heavy (non-hydrogen) atoms. The fraction of sp³-hybridized carbons (Fsp3) is 0.333. The van der Waals surface area contributed by atoms with E-state index in [4.69, 9.17) is 9.84 Å². The average molecular weight is 192 g/mol. The first-order valence-corrected chi connectivity index (χ1v) is 4.61. The van der Waals surface area contributed by atoms with Crippen LogP contribution in [0.4, 0.5) is 0 Å². The van der Waals surface area contributed by atoms with Gasteiger partial charge in [-0.15, -0.1) is 0 Å². The number of hydrogen-bond acceptors (Lipinski definition) is 2. The van der Waals surface area contributed by atoms with E-state index in [-0.39, 0.29) is 0 Å². The molecule has 0 aliphatic carbocycles. The first kappa shape index (κ1) is 10.6. The molecule has 0 amide bonds. The molecule has 0 fully saturated rings. The molecule has 0 bridgehead atoms. The lowest BCUT2D eigenvalue weighted by atomic mass is 10.00. The topological polar surface area (TPSA) is 29.5 Å². The summed E-state index contributed by atoms with van der Waals surface area (Å²) >= 11 is 0. The van der Waals surface area contributed by atoms with Crippen molar-refractivity contribution < 1.29 is 9.84 Å². The van der Waals surface area contributed by atoms with Crippen LogP contribution in [0.15, 0.2) is 18.6 Å². The predicted octanol–water partition coefficient (Wildman–Crippen LogP) is 3.33. The van der Waals surface area contributed by atoms with Gasteiger partial charge in [-0.3, -0.25) is 0 Å². The van der Waals surface area contributed by atoms with Crippen LogP contribution in [0.2, 0.25) is 0 Å². The van der Waals surface area contributed by atoms with Crippen molar-refractivity contribution in [3.05, 3.63) is 40.8 Å². The monoisotopic (exact) mass is 192 g/mol. The van der Waals surface area contributed by atoms with Gasteiger partial charge in [0.25, 0.3) is 0 Å². The van der Waals surface area contributed by atoms with Gasteiger partial charge >= 0.3 is 0 Å². The van der Waals surface area contributed by atoms with Crippen molar-refractivity contribution in [1.82, 2.24) is 0 Å². The predicted molar refractivity (Wildman–Crippen MR) is 57.8 cm³/mol. The van der Waals surface area contributed by atoms with Crippen molar-refractivity contribution in [2.45, 2.75) is 27.7 Å². The third kappa shape index (κ3) is 1.90. The molecule has 1 aromatic rings. The van der Waals surface area contributed by atoms with E-state index in [9.17, 15) is 0 Å². The molecule has 0 atom stereocenters. The highest BCUT2D eigenvalue weighted by Crippen LogP contribution is 2.28. The highest BCUT2D eigenvalue weighted by Gasteiger charge is 2.07. The summed E-state index contributed by atoms with van der Waals surface area (Å²) in [5.41, 5.74) is 4.71. The Morgan fingerprint density at radius 2 is 1.71 bits per heavy atom. The molecule has 76 valence electrons. The summed E-state index contributed by atoms with van der Waals surface area (Å²) in [6.07, 6.45) is 2.18. The Kier molecular flexibility index (Phi) is 3.18. The SMILES string of the molecule is Cc1cc(C)c(OC=CO)c(C)c1C. The van der Waals surface area contributed by atoms with Crippen molar-refractivity contribution in [3.63, 3.8) is 0 Å². The normalized spacial score (nSPS) is 10.9. The van der Waals surface area contributed by atoms with Gasteiger partial charge in [0.15, 0.2) is 0 Å². The molecule has 0 aromatic heterocycles. The third-order valence-electron chi connectivity index (χ3n) is 2.53. The molecule has 1 N–H and O–H groups in total. The van der Waals surface area contributed by atoms with Crippen LogP contribution in [0, 0.1) is 27.7 Å². The van der Waals surface area contributed by atoms with E-state index in [0.717, 1.165) is 23.1 Å². The van der Waals surface area contributed by atoms with Gasteiger partial charge in [-0.2, -0.15) is 0 Å². The van der Waals surface area contributed by atoms with Crippen LogP contribution in [0.5, 0.6) is 5.75 Å². The molecule has 0 saturated carbocycles. The molecule has 0 aliphatic rings. The summed E-state index contributed by atoms with van der Waals surface area (Å²) in [5, 5.41) is 8.53. The third-order valence-corrected chi connectivity index (χ3v) is 2.53. The van der Waals surface area contributed by atoms with E-state index in [1.165, 1.54) is 17.4 Å². The lowest BCUT2D eigenvalue weighted by Crippen LogP contribution is -1.95. The molecule has 0 spiro atoms. The van der Waals surface area contributed by atoms with Gasteiger partial charge in [0.05, 0.1) is 0 Å². The summed E-state index contributed by atoms with van der Waals surface area (Å²) in [4.78, 5) is 0. The van der Waals surface area contributed by atoms with Gasteiger partial charge in [0, 0.05) is 0 Å². The van der Waals surface area contributed by atoms with Crippen LogP contribution in [0.25, 0.3) is 0 Å². The molecule has 2 nitrogen and oxygen atoms in total. The molecular formula is C12H16O2. The van der Waals surface area contributed by atoms with Gasteiger partial charge in [-0.25, -0.2) is 0 Å². The molecule has 1 rings (SSSR count). The largest absolute Gasteiger partial charge is 0.512 e. The van der Waals surface area contributed by atoms with Crippen LogP contribution in [-0.2, 0) is 0 Å². The zero-order valence-electron chi connectivity index (χ0n) is 9.09. The summed E-state index contributed by atoms with van der Waals surface area (Å²) in [6, 6.07) is 2.09. The Labute approximate surface area is 84.8 Å². The fourth-order valence-corrected chi connectivity index (χ4v) is 1.54. The highest BCUT2D eigenvalue weighted by molar-refractivity contribution is 5.48. The maximum Gasteiger partial charge on any atom is 0.132 e. The van der Waals surface area contributed by atoms with Gasteiger partial charge in [0.1, 0.15) is 18.3 Å². The summed E-state index contributed by atoms with van der Waals surface area (Å²) < 4.78 is 5.32. The second-order valence-electron chi connectivity index (χ2n) is 3.49. The van der Waals surface area contributed by atoms with Crippen LogP contribution in [0.3, 0.4) is 0 Å². The number of hydrogen-bond donors (Lipinski definition) is 1. The van der Waals surface area contributed by atoms with Crippen molar-refractivity contribution >= 4 is 0 Å². The standard InChI is InChI=1S/C12H16O2/c1-8-7-9(2)12(14-6-5-13)11(4)10(8)3/h5-7,13H,1-4H3. The molecule has 1 aromatic carbocycles. The molecule has 0 radical (unpaired) electrons. The Hall–Kier alpha value is -1.44. The molecule has 0 unspecified atom stereocenters. The first-order chi connectivity index (χ1) is 6.57. The van der Waals surface area contributed by atoms with Gasteiger partial charge in [-0.1, -0.05) is 6.07 Å². The number of rotatable bonds is 2. The smallest absolute Gasteiger partial charge is 0.132 e. The van der Waals surface area contributed by atoms with E-state index in [0.29, 0.717) is 0 Å². The fourth-order valence-electron chi connectivity index (χ4n) is 1.54. The van der Waals surface area contributed by atoms with E-state index in [2.05, 4.69) is 19.9 Å². The number of aryl methyl sites for hydroxylation is 2. The van der Waals surface area contributed by atoms with Crippen LogP contribution >= 0.6 is 0 Å². The zero-order valence-corrected chi connectivity index (χ0v) is 9.09. The van der Waals surface area contributed by atoms with Gasteiger partial charge < -0.3 is 9.84 Å². The van der Waals surface area contributed by atoms with E-state index >= 15 is 0 Å². The Bertz CT molecular complexity index is 365. The zero-order chi connectivity index (χ0) is 10.7. The summed E-state index contributed by atoms with van der Waals surface area (Å²) in [6.45, 7) is 8.18. The minimum absolute atomic E-state index is 0.832. The highest BCUT2D eigenvalue weighted by atomic mass is 16.5. The number of benzene rings is 1. The van der Waals surface area contributed by atoms with E-state index < -0.39 is 0 Å².